The molecule has 0 bridgehead atoms. The molecule has 1 rings (SSSR count). The zero-order valence-corrected chi connectivity index (χ0v) is 9.45. The Morgan fingerprint density at radius 2 is 1.80 bits per heavy atom. The maximum absolute atomic E-state index is 9.20. The first-order valence-corrected chi connectivity index (χ1v) is 5.04. The van der Waals surface area contributed by atoms with Crippen LogP contribution in [0.25, 0.3) is 0 Å². The molecule has 0 aliphatic carbocycles. The SMILES string of the molecule is Cc1ccc(C)c(OCC(O)CO)c1C. The lowest BCUT2D eigenvalue weighted by Crippen LogP contribution is -2.21. The van der Waals surface area contributed by atoms with Crippen LogP contribution in [-0.2, 0) is 0 Å². The van der Waals surface area contributed by atoms with Gasteiger partial charge in [0.05, 0.1) is 6.61 Å². The number of ether oxygens (including phenoxy) is 1. The molecule has 0 aliphatic heterocycles. The molecule has 0 saturated heterocycles. The molecule has 0 fully saturated rings. The van der Waals surface area contributed by atoms with Gasteiger partial charge >= 0.3 is 0 Å². The van der Waals surface area contributed by atoms with Crippen molar-refractivity contribution in [2.45, 2.75) is 26.9 Å². The van der Waals surface area contributed by atoms with Gasteiger partial charge in [0.15, 0.2) is 0 Å². The third-order valence-electron chi connectivity index (χ3n) is 2.50. The van der Waals surface area contributed by atoms with Gasteiger partial charge in [-0.3, -0.25) is 0 Å². The molecule has 3 nitrogen and oxygen atoms in total. The summed E-state index contributed by atoms with van der Waals surface area (Å²) in [5, 5.41) is 17.9. The second-order valence-corrected chi connectivity index (χ2v) is 3.80. The zero-order valence-electron chi connectivity index (χ0n) is 9.45. The first-order valence-electron chi connectivity index (χ1n) is 5.04. The number of rotatable bonds is 4. The van der Waals surface area contributed by atoms with E-state index in [1.54, 1.807) is 0 Å². The minimum absolute atomic E-state index is 0.127. The van der Waals surface area contributed by atoms with Crippen LogP contribution in [-0.4, -0.2) is 29.5 Å². The third kappa shape index (κ3) is 2.94. The fourth-order valence-electron chi connectivity index (χ4n) is 1.38. The summed E-state index contributed by atoms with van der Waals surface area (Å²) in [5.41, 5.74) is 3.29. The fraction of sp³-hybridized carbons (Fsp3) is 0.500. The van der Waals surface area contributed by atoms with Crippen molar-refractivity contribution >= 4 is 0 Å². The minimum Gasteiger partial charge on any atom is -0.490 e. The van der Waals surface area contributed by atoms with Gasteiger partial charge in [0.1, 0.15) is 18.5 Å². The van der Waals surface area contributed by atoms with Crippen LogP contribution in [0.5, 0.6) is 5.75 Å². The topological polar surface area (TPSA) is 49.7 Å². The van der Waals surface area contributed by atoms with Crippen LogP contribution < -0.4 is 4.74 Å². The molecular weight excluding hydrogens is 192 g/mol. The van der Waals surface area contributed by atoms with Crippen LogP contribution in [0.2, 0.25) is 0 Å². The summed E-state index contributed by atoms with van der Waals surface area (Å²) in [4.78, 5) is 0. The highest BCUT2D eigenvalue weighted by Crippen LogP contribution is 2.25. The number of aryl methyl sites for hydroxylation is 2. The number of hydrogen-bond donors (Lipinski definition) is 2. The molecule has 0 aliphatic rings. The van der Waals surface area contributed by atoms with Crippen LogP contribution in [0.15, 0.2) is 12.1 Å². The Morgan fingerprint density at radius 1 is 1.20 bits per heavy atom. The summed E-state index contributed by atoms with van der Waals surface area (Å²) < 4.78 is 5.49. The fourth-order valence-corrected chi connectivity index (χ4v) is 1.38. The molecule has 0 saturated carbocycles. The monoisotopic (exact) mass is 210 g/mol. The summed E-state index contributed by atoms with van der Waals surface area (Å²) in [6.45, 7) is 5.83. The van der Waals surface area contributed by atoms with Crippen molar-refractivity contribution in [3.8, 4) is 5.75 Å². The molecule has 0 radical (unpaired) electrons. The van der Waals surface area contributed by atoms with Gasteiger partial charge in [0, 0.05) is 0 Å². The van der Waals surface area contributed by atoms with E-state index in [2.05, 4.69) is 0 Å². The average Bonchev–Trinajstić information content (AvgIpc) is 2.23. The molecule has 1 unspecified atom stereocenters. The molecule has 0 amide bonds. The zero-order chi connectivity index (χ0) is 11.4. The Balaban J connectivity index is 2.80. The summed E-state index contributed by atoms with van der Waals surface area (Å²) in [6.07, 6.45) is -0.815. The van der Waals surface area contributed by atoms with Crippen molar-refractivity contribution in [3.05, 3.63) is 28.8 Å². The van der Waals surface area contributed by atoms with E-state index >= 15 is 0 Å². The van der Waals surface area contributed by atoms with E-state index in [0.29, 0.717) is 0 Å². The van der Waals surface area contributed by atoms with Gasteiger partial charge in [-0.2, -0.15) is 0 Å². The van der Waals surface area contributed by atoms with Crippen molar-refractivity contribution in [2.75, 3.05) is 13.2 Å². The number of aliphatic hydroxyl groups excluding tert-OH is 2. The molecule has 1 atom stereocenters. The summed E-state index contributed by atoms with van der Waals surface area (Å²) in [7, 11) is 0. The molecular formula is C12H18O3. The predicted molar refractivity (Wildman–Crippen MR) is 59.2 cm³/mol. The van der Waals surface area contributed by atoms with Gasteiger partial charge in [-0.25, -0.2) is 0 Å². The van der Waals surface area contributed by atoms with Gasteiger partial charge in [-0.05, 0) is 37.5 Å². The average molecular weight is 210 g/mol. The molecule has 3 heteroatoms. The standard InChI is InChI=1S/C12H18O3/c1-8-4-5-9(2)12(10(8)3)15-7-11(14)6-13/h4-5,11,13-14H,6-7H2,1-3H3. The van der Waals surface area contributed by atoms with Crippen LogP contribution >= 0.6 is 0 Å². The van der Waals surface area contributed by atoms with E-state index in [1.807, 2.05) is 32.9 Å². The Hall–Kier alpha value is -1.06. The van der Waals surface area contributed by atoms with Gasteiger partial charge in [-0.15, -0.1) is 0 Å². The summed E-state index contributed by atoms with van der Waals surface area (Å²) in [6, 6.07) is 4.03. The van der Waals surface area contributed by atoms with Crippen LogP contribution in [0, 0.1) is 20.8 Å². The van der Waals surface area contributed by atoms with E-state index in [9.17, 15) is 5.11 Å². The van der Waals surface area contributed by atoms with E-state index in [-0.39, 0.29) is 13.2 Å². The third-order valence-corrected chi connectivity index (χ3v) is 2.50. The molecule has 1 aromatic rings. The van der Waals surface area contributed by atoms with Gasteiger partial charge < -0.3 is 14.9 Å². The van der Waals surface area contributed by atoms with E-state index in [0.717, 1.165) is 22.4 Å². The number of benzene rings is 1. The smallest absolute Gasteiger partial charge is 0.125 e. The Labute approximate surface area is 90.3 Å². The molecule has 0 aromatic heterocycles. The summed E-state index contributed by atoms with van der Waals surface area (Å²) >= 11 is 0. The second kappa shape index (κ2) is 5.14. The van der Waals surface area contributed by atoms with Gasteiger partial charge in [-0.1, -0.05) is 12.1 Å². The van der Waals surface area contributed by atoms with Crippen LogP contribution in [0.1, 0.15) is 16.7 Å². The Bertz CT molecular complexity index is 334. The van der Waals surface area contributed by atoms with Crippen LogP contribution in [0.3, 0.4) is 0 Å². The van der Waals surface area contributed by atoms with Crippen LogP contribution in [0.4, 0.5) is 0 Å². The van der Waals surface area contributed by atoms with Crippen molar-refractivity contribution in [1.29, 1.82) is 0 Å². The van der Waals surface area contributed by atoms with Crippen molar-refractivity contribution in [3.63, 3.8) is 0 Å². The highest BCUT2D eigenvalue weighted by atomic mass is 16.5. The molecule has 15 heavy (non-hydrogen) atoms. The maximum Gasteiger partial charge on any atom is 0.125 e. The highest BCUT2D eigenvalue weighted by molar-refractivity contribution is 5.44. The second-order valence-electron chi connectivity index (χ2n) is 3.80. The molecule has 1 aromatic carbocycles. The van der Waals surface area contributed by atoms with Crippen molar-refractivity contribution < 1.29 is 14.9 Å². The highest BCUT2D eigenvalue weighted by Gasteiger charge is 2.08. The first-order chi connectivity index (χ1) is 7.06. The first kappa shape index (κ1) is 12.0. The number of aliphatic hydroxyl groups is 2. The summed E-state index contributed by atoms with van der Waals surface area (Å²) in [5.74, 6) is 0.808. The molecule has 2 N–H and O–H groups in total. The number of hydrogen-bond acceptors (Lipinski definition) is 3. The molecule has 0 heterocycles. The normalized spacial score (nSPS) is 12.6. The Morgan fingerprint density at radius 3 is 2.40 bits per heavy atom. The lowest BCUT2D eigenvalue weighted by molar-refractivity contribution is 0.0531. The van der Waals surface area contributed by atoms with Crippen molar-refractivity contribution in [2.24, 2.45) is 0 Å². The quantitative estimate of drug-likeness (QED) is 0.788. The van der Waals surface area contributed by atoms with Gasteiger partial charge in [0.2, 0.25) is 0 Å². The van der Waals surface area contributed by atoms with Gasteiger partial charge in [0.25, 0.3) is 0 Å². The lowest BCUT2D eigenvalue weighted by atomic mass is 10.1. The van der Waals surface area contributed by atoms with Crippen molar-refractivity contribution in [1.82, 2.24) is 0 Å². The maximum atomic E-state index is 9.20. The molecule has 84 valence electrons. The van der Waals surface area contributed by atoms with E-state index in [4.69, 9.17) is 9.84 Å². The Kier molecular flexibility index (Phi) is 4.12. The minimum atomic E-state index is -0.815. The van der Waals surface area contributed by atoms with E-state index < -0.39 is 6.10 Å². The predicted octanol–water partition coefficient (Wildman–Crippen LogP) is 1.34. The largest absolute Gasteiger partial charge is 0.490 e. The van der Waals surface area contributed by atoms with E-state index in [1.165, 1.54) is 0 Å². The lowest BCUT2D eigenvalue weighted by Gasteiger charge is -2.15. The molecule has 0 spiro atoms.